The molecule has 2 aromatic rings. The lowest BCUT2D eigenvalue weighted by molar-refractivity contribution is -0.131. The topological polar surface area (TPSA) is 105 Å². The summed E-state index contributed by atoms with van der Waals surface area (Å²) in [6.45, 7) is 3.75. The highest BCUT2D eigenvalue weighted by atomic mass is 16.5. The molecule has 0 aliphatic carbocycles. The van der Waals surface area contributed by atoms with Crippen LogP contribution in [0, 0.1) is 0 Å². The number of esters is 1. The van der Waals surface area contributed by atoms with Gasteiger partial charge in [0.15, 0.2) is 0 Å². The molecule has 0 saturated carbocycles. The lowest BCUT2D eigenvalue weighted by Crippen LogP contribution is -2.46. The molecule has 0 radical (unpaired) electrons. The zero-order chi connectivity index (χ0) is 22.4. The molecular formula is C23H25N3O5. The van der Waals surface area contributed by atoms with Gasteiger partial charge in [0.25, 0.3) is 11.8 Å². The van der Waals surface area contributed by atoms with Gasteiger partial charge in [0.1, 0.15) is 5.75 Å². The van der Waals surface area contributed by atoms with Crippen LogP contribution in [0.25, 0.3) is 0 Å². The Morgan fingerprint density at radius 3 is 2.29 bits per heavy atom. The second kappa shape index (κ2) is 9.88. The zero-order valence-corrected chi connectivity index (χ0v) is 17.5. The number of nitrogens with zero attached hydrogens (tertiary/aromatic N) is 1. The van der Waals surface area contributed by atoms with E-state index in [1.54, 1.807) is 47.4 Å². The Hall–Kier alpha value is -3.68. The molecule has 8 nitrogen and oxygen atoms in total. The fraction of sp³-hybridized carbons (Fsp3) is 0.304. The van der Waals surface area contributed by atoms with E-state index in [-0.39, 0.29) is 23.8 Å². The van der Waals surface area contributed by atoms with Crippen LogP contribution in [0.15, 0.2) is 48.5 Å². The van der Waals surface area contributed by atoms with E-state index in [4.69, 9.17) is 4.74 Å². The van der Waals surface area contributed by atoms with Gasteiger partial charge in [-0.05, 0) is 49.2 Å². The molecule has 1 fully saturated rings. The minimum Gasteiger partial charge on any atom is -0.427 e. The second-order valence-electron chi connectivity index (χ2n) is 7.42. The third-order valence-corrected chi connectivity index (χ3v) is 4.91. The van der Waals surface area contributed by atoms with Gasteiger partial charge in [-0.25, -0.2) is 0 Å². The number of hydrogen-bond acceptors (Lipinski definition) is 5. The van der Waals surface area contributed by atoms with Gasteiger partial charge in [0.05, 0.1) is 0 Å². The summed E-state index contributed by atoms with van der Waals surface area (Å²) in [5, 5.41) is 5.66. The highest BCUT2D eigenvalue weighted by molar-refractivity contribution is 5.97. The molecular weight excluding hydrogens is 398 g/mol. The third kappa shape index (κ3) is 6.15. The van der Waals surface area contributed by atoms with Crippen molar-refractivity contribution in [2.24, 2.45) is 0 Å². The maximum atomic E-state index is 12.8. The molecule has 0 aromatic heterocycles. The van der Waals surface area contributed by atoms with Crippen molar-refractivity contribution in [1.29, 1.82) is 0 Å². The fourth-order valence-corrected chi connectivity index (χ4v) is 3.48. The first-order valence-corrected chi connectivity index (χ1v) is 10.1. The van der Waals surface area contributed by atoms with Crippen molar-refractivity contribution in [1.82, 2.24) is 10.2 Å². The molecule has 8 heteroatoms. The first-order valence-electron chi connectivity index (χ1n) is 10.1. The van der Waals surface area contributed by atoms with Crippen LogP contribution in [0.2, 0.25) is 0 Å². The molecule has 2 aromatic carbocycles. The lowest BCUT2D eigenvalue weighted by atomic mass is 10.0. The fourth-order valence-electron chi connectivity index (χ4n) is 3.48. The summed E-state index contributed by atoms with van der Waals surface area (Å²) in [4.78, 5) is 49.4. The number of amides is 3. The van der Waals surface area contributed by atoms with Gasteiger partial charge in [-0.2, -0.15) is 0 Å². The van der Waals surface area contributed by atoms with Gasteiger partial charge < -0.3 is 20.3 Å². The summed E-state index contributed by atoms with van der Waals surface area (Å²) >= 11 is 0. The molecule has 31 heavy (non-hydrogen) atoms. The molecule has 1 heterocycles. The van der Waals surface area contributed by atoms with Gasteiger partial charge in [-0.15, -0.1) is 0 Å². The number of anilines is 1. The van der Waals surface area contributed by atoms with Gasteiger partial charge in [0, 0.05) is 49.8 Å². The number of likely N-dealkylation sites (tertiary alicyclic amines) is 1. The summed E-state index contributed by atoms with van der Waals surface area (Å²) in [6.07, 6.45) is 1.26. The van der Waals surface area contributed by atoms with E-state index in [2.05, 4.69) is 10.6 Å². The number of nitrogens with one attached hydrogen (secondary N) is 2. The molecule has 0 unspecified atom stereocenters. The minimum atomic E-state index is -0.447. The van der Waals surface area contributed by atoms with Crippen molar-refractivity contribution in [3.05, 3.63) is 59.7 Å². The normalized spacial score (nSPS) is 13.9. The van der Waals surface area contributed by atoms with Crippen molar-refractivity contribution in [3.8, 4) is 5.75 Å². The van der Waals surface area contributed by atoms with E-state index in [0.717, 1.165) is 0 Å². The van der Waals surface area contributed by atoms with Crippen LogP contribution < -0.4 is 15.4 Å². The Balaban J connectivity index is 1.55. The van der Waals surface area contributed by atoms with Crippen molar-refractivity contribution in [2.75, 3.05) is 18.4 Å². The summed E-state index contributed by atoms with van der Waals surface area (Å²) in [6, 6.07) is 13.2. The van der Waals surface area contributed by atoms with Crippen LogP contribution in [0.4, 0.5) is 5.69 Å². The Kier molecular flexibility index (Phi) is 7.02. The van der Waals surface area contributed by atoms with Crippen LogP contribution in [0.3, 0.4) is 0 Å². The molecule has 1 aliphatic rings. The molecule has 0 atom stereocenters. The molecule has 2 N–H and O–H groups in total. The van der Waals surface area contributed by atoms with Crippen LogP contribution in [0.1, 0.15) is 47.4 Å². The molecule has 162 valence electrons. The number of rotatable bonds is 5. The molecule has 1 aliphatic heterocycles. The van der Waals surface area contributed by atoms with Crippen molar-refractivity contribution in [2.45, 2.75) is 32.7 Å². The van der Waals surface area contributed by atoms with Crippen molar-refractivity contribution >= 4 is 29.4 Å². The van der Waals surface area contributed by atoms with Gasteiger partial charge in [-0.3, -0.25) is 19.2 Å². The van der Waals surface area contributed by atoms with Crippen LogP contribution in [-0.4, -0.2) is 47.7 Å². The maximum Gasteiger partial charge on any atom is 0.308 e. The molecule has 1 saturated heterocycles. The van der Waals surface area contributed by atoms with Gasteiger partial charge in [-0.1, -0.05) is 12.1 Å². The average Bonchev–Trinajstić information content (AvgIpc) is 2.73. The summed E-state index contributed by atoms with van der Waals surface area (Å²) in [7, 11) is 0. The third-order valence-electron chi connectivity index (χ3n) is 4.91. The minimum absolute atomic E-state index is 0.0559. The number of carbonyl (C=O) groups is 4. The highest BCUT2D eigenvalue weighted by Crippen LogP contribution is 2.18. The molecule has 0 bridgehead atoms. The van der Waals surface area contributed by atoms with Gasteiger partial charge >= 0.3 is 5.97 Å². The standard InChI is InChI=1S/C23H25N3O5/c1-15(27)24-20-7-3-6-18(13-20)23(30)26-11-9-19(10-12-26)25-22(29)17-5-4-8-21(14-17)31-16(2)28/h3-8,13-14,19H,9-12H2,1-2H3,(H,24,27)(H,25,29). The predicted molar refractivity (Wildman–Crippen MR) is 115 cm³/mol. The first-order chi connectivity index (χ1) is 14.8. The van der Waals surface area contributed by atoms with E-state index >= 15 is 0 Å². The number of hydrogen-bond donors (Lipinski definition) is 2. The van der Waals surface area contributed by atoms with Crippen LogP contribution in [0.5, 0.6) is 5.75 Å². The summed E-state index contributed by atoms with van der Waals surface area (Å²) in [5.74, 6) is -0.674. The van der Waals surface area contributed by atoms with Crippen LogP contribution in [-0.2, 0) is 9.59 Å². The van der Waals surface area contributed by atoms with Crippen LogP contribution >= 0.6 is 0 Å². The summed E-state index contributed by atoms with van der Waals surface area (Å²) < 4.78 is 5.02. The Morgan fingerprint density at radius 2 is 1.61 bits per heavy atom. The number of benzene rings is 2. The first kappa shape index (κ1) is 22.0. The van der Waals surface area contributed by atoms with Gasteiger partial charge in [0.2, 0.25) is 5.91 Å². The molecule has 0 spiro atoms. The number of ether oxygens (including phenoxy) is 1. The number of piperidine rings is 1. The molecule has 3 rings (SSSR count). The van der Waals surface area contributed by atoms with E-state index in [0.29, 0.717) is 48.5 Å². The maximum absolute atomic E-state index is 12.8. The van der Waals surface area contributed by atoms with E-state index in [9.17, 15) is 19.2 Å². The Labute approximate surface area is 180 Å². The SMILES string of the molecule is CC(=O)Nc1cccc(C(=O)N2CCC(NC(=O)c3cccc(OC(C)=O)c3)CC2)c1. The zero-order valence-electron chi connectivity index (χ0n) is 17.5. The largest absolute Gasteiger partial charge is 0.427 e. The monoisotopic (exact) mass is 423 g/mol. The van der Waals surface area contributed by atoms with Crippen molar-refractivity contribution < 1.29 is 23.9 Å². The quantitative estimate of drug-likeness (QED) is 0.568. The second-order valence-corrected chi connectivity index (χ2v) is 7.42. The smallest absolute Gasteiger partial charge is 0.308 e. The highest BCUT2D eigenvalue weighted by Gasteiger charge is 2.25. The Morgan fingerprint density at radius 1 is 0.935 bits per heavy atom. The van der Waals surface area contributed by atoms with Crippen molar-refractivity contribution in [3.63, 3.8) is 0 Å². The summed E-state index contributed by atoms with van der Waals surface area (Å²) in [5.41, 5.74) is 1.50. The van der Waals surface area contributed by atoms with E-state index in [1.807, 2.05) is 0 Å². The van der Waals surface area contributed by atoms with E-state index in [1.165, 1.54) is 19.9 Å². The Bertz CT molecular complexity index is 996. The molecule has 3 amide bonds. The average molecular weight is 423 g/mol. The lowest BCUT2D eigenvalue weighted by Gasteiger charge is -2.32. The van der Waals surface area contributed by atoms with E-state index < -0.39 is 5.97 Å². The number of carbonyl (C=O) groups excluding carboxylic acids is 4. The predicted octanol–water partition coefficient (Wildman–Crippen LogP) is 2.60.